The summed E-state index contributed by atoms with van der Waals surface area (Å²) >= 11 is 9.12. The number of benzene rings is 2. The molecule has 2 aromatic carbocycles. The van der Waals surface area contributed by atoms with E-state index in [9.17, 15) is 0 Å². The number of halogens is 2. The van der Waals surface area contributed by atoms with Crippen LogP contribution >= 0.6 is 43.2 Å². The highest BCUT2D eigenvalue weighted by molar-refractivity contribution is 9.11. The average molecular weight is 423 g/mol. The van der Waals surface area contributed by atoms with Crippen molar-refractivity contribution in [3.8, 4) is 21.7 Å². The number of rotatable bonds is 2. The van der Waals surface area contributed by atoms with Gasteiger partial charge in [0.1, 0.15) is 5.01 Å². The van der Waals surface area contributed by atoms with Gasteiger partial charge in [0.2, 0.25) is 0 Å². The van der Waals surface area contributed by atoms with E-state index in [1.54, 1.807) is 11.3 Å². The smallest absolute Gasteiger partial charge is 0.125 e. The lowest BCUT2D eigenvalue weighted by Gasteiger charge is -2.10. The van der Waals surface area contributed by atoms with Crippen molar-refractivity contribution in [1.29, 1.82) is 0 Å². The first-order valence-corrected chi connectivity index (χ1v) is 8.95. The summed E-state index contributed by atoms with van der Waals surface area (Å²) in [5, 5.41) is 1.05. The van der Waals surface area contributed by atoms with E-state index >= 15 is 0 Å². The second kappa shape index (κ2) is 6.03. The van der Waals surface area contributed by atoms with Crippen molar-refractivity contribution in [3.63, 3.8) is 0 Å². The first-order valence-electron chi connectivity index (χ1n) is 6.55. The molecule has 4 heteroatoms. The summed E-state index contributed by atoms with van der Waals surface area (Å²) in [5.74, 6) is 0. The molecule has 1 nitrogen and oxygen atoms in total. The van der Waals surface area contributed by atoms with Crippen molar-refractivity contribution < 1.29 is 0 Å². The van der Waals surface area contributed by atoms with E-state index in [0.717, 1.165) is 25.2 Å². The largest absolute Gasteiger partial charge is 0.241 e. The van der Waals surface area contributed by atoms with Crippen LogP contribution in [-0.4, -0.2) is 4.98 Å². The molecular weight excluding hydrogens is 410 g/mol. The van der Waals surface area contributed by atoms with Crippen LogP contribution < -0.4 is 0 Å². The van der Waals surface area contributed by atoms with Gasteiger partial charge in [-0.25, -0.2) is 4.98 Å². The molecule has 0 aliphatic heterocycles. The summed E-state index contributed by atoms with van der Waals surface area (Å²) in [4.78, 5) is 5.95. The van der Waals surface area contributed by atoms with Gasteiger partial charge in [-0.05, 0) is 53.0 Å². The molecule has 0 N–H and O–H groups in total. The fraction of sp³-hybridized carbons (Fsp3) is 0.118. The zero-order valence-corrected chi connectivity index (χ0v) is 15.6. The Kier molecular flexibility index (Phi) is 4.29. The SMILES string of the molecule is Cc1nc(-c2cc(Br)cc(-c3ccccc3)c2Br)sc1C. The molecule has 3 aromatic rings. The van der Waals surface area contributed by atoms with Gasteiger partial charge in [-0.2, -0.15) is 0 Å². The Bertz CT molecular complexity index is 775. The van der Waals surface area contributed by atoms with Gasteiger partial charge in [0, 0.05) is 19.4 Å². The van der Waals surface area contributed by atoms with Gasteiger partial charge in [-0.15, -0.1) is 11.3 Å². The van der Waals surface area contributed by atoms with Crippen molar-refractivity contribution in [3.05, 3.63) is 62.0 Å². The topological polar surface area (TPSA) is 12.9 Å². The average Bonchev–Trinajstić information content (AvgIpc) is 2.81. The molecule has 0 spiro atoms. The van der Waals surface area contributed by atoms with E-state index in [-0.39, 0.29) is 0 Å². The highest BCUT2D eigenvalue weighted by Gasteiger charge is 2.15. The Balaban J connectivity index is 2.21. The predicted octanol–water partition coefficient (Wildman–Crippen LogP) is 6.62. The summed E-state index contributed by atoms with van der Waals surface area (Å²) in [6, 6.07) is 14.6. The van der Waals surface area contributed by atoms with Crippen LogP contribution in [0.2, 0.25) is 0 Å². The zero-order valence-electron chi connectivity index (χ0n) is 11.7. The minimum atomic E-state index is 1.05. The van der Waals surface area contributed by atoms with Crippen molar-refractivity contribution in [2.75, 3.05) is 0 Å². The van der Waals surface area contributed by atoms with Crippen LogP contribution in [-0.2, 0) is 0 Å². The van der Waals surface area contributed by atoms with E-state index in [0.29, 0.717) is 0 Å². The van der Waals surface area contributed by atoms with Gasteiger partial charge in [0.15, 0.2) is 0 Å². The third kappa shape index (κ3) is 2.98. The minimum Gasteiger partial charge on any atom is -0.241 e. The molecule has 0 atom stereocenters. The lowest BCUT2D eigenvalue weighted by molar-refractivity contribution is 1.23. The second-order valence-corrected chi connectivity index (χ2v) is 7.75. The summed E-state index contributed by atoms with van der Waals surface area (Å²) in [7, 11) is 0. The van der Waals surface area contributed by atoms with E-state index in [1.807, 2.05) is 6.07 Å². The Hall–Kier alpha value is -0.970. The first kappa shape index (κ1) is 14.9. The molecule has 3 rings (SSSR count). The maximum Gasteiger partial charge on any atom is 0.125 e. The monoisotopic (exact) mass is 421 g/mol. The van der Waals surface area contributed by atoms with Gasteiger partial charge in [0.05, 0.1) is 5.69 Å². The number of hydrogen-bond acceptors (Lipinski definition) is 2. The minimum absolute atomic E-state index is 1.05. The zero-order chi connectivity index (χ0) is 15.0. The molecule has 0 aliphatic carbocycles. The molecule has 0 unspecified atom stereocenters. The molecule has 106 valence electrons. The summed E-state index contributed by atoms with van der Waals surface area (Å²) in [5.41, 5.74) is 4.59. The van der Waals surface area contributed by atoms with Crippen LogP contribution in [0.25, 0.3) is 21.7 Å². The van der Waals surface area contributed by atoms with Crippen molar-refractivity contribution >= 4 is 43.2 Å². The standard InChI is InChI=1S/C17H13Br2NS/c1-10-11(2)21-17(20-10)15-9-13(18)8-14(16(15)19)12-6-4-3-5-7-12/h3-9H,1-2H3. The molecule has 0 saturated carbocycles. The van der Waals surface area contributed by atoms with Crippen LogP contribution in [0, 0.1) is 13.8 Å². The molecule has 0 saturated heterocycles. The number of nitrogens with zero attached hydrogens (tertiary/aromatic N) is 1. The molecule has 0 fully saturated rings. The predicted molar refractivity (Wildman–Crippen MR) is 97.9 cm³/mol. The number of aryl methyl sites for hydroxylation is 2. The summed E-state index contributed by atoms with van der Waals surface area (Å²) in [6.07, 6.45) is 0. The Morgan fingerprint density at radius 1 is 0.952 bits per heavy atom. The van der Waals surface area contributed by atoms with Crippen LogP contribution in [0.3, 0.4) is 0 Å². The number of aromatic nitrogens is 1. The molecule has 21 heavy (non-hydrogen) atoms. The van der Waals surface area contributed by atoms with Gasteiger partial charge in [-0.1, -0.05) is 46.3 Å². The van der Waals surface area contributed by atoms with Crippen LogP contribution in [0.15, 0.2) is 51.4 Å². The van der Waals surface area contributed by atoms with Crippen molar-refractivity contribution in [2.24, 2.45) is 0 Å². The Morgan fingerprint density at radius 3 is 2.24 bits per heavy atom. The molecule has 1 aromatic heterocycles. The van der Waals surface area contributed by atoms with Crippen LogP contribution in [0.1, 0.15) is 10.6 Å². The maximum absolute atomic E-state index is 4.68. The molecule has 0 amide bonds. The third-order valence-electron chi connectivity index (χ3n) is 3.38. The summed E-state index contributed by atoms with van der Waals surface area (Å²) in [6.45, 7) is 4.17. The van der Waals surface area contributed by atoms with Gasteiger partial charge < -0.3 is 0 Å². The fourth-order valence-corrected chi connectivity index (χ4v) is 4.33. The lowest BCUT2D eigenvalue weighted by Crippen LogP contribution is -1.86. The number of thiazole rings is 1. The molecule has 1 heterocycles. The van der Waals surface area contributed by atoms with E-state index in [2.05, 4.69) is 87.1 Å². The highest BCUT2D eigenvalue weighted by atomic mass is 79.9. The Morgan fingerprint density at radius 2 is 1.62 bits per heavy atom. The summed E-state index contributed by atoms with van der Waals surface area (Å²) < 4.78 is 2.15. The first-order chi connectivity index (χ1) is 10.1. The maximum atomic E-state index is 4.68. The molecule has 0 aliphatic rings. The van der Waals surface area contributed by atoms with Crippen LogP contribution in [0.4, 0.5) is 0 Å². The highest BCUT2D eigenvalue weighted by Crippen LogP contribution is 2.40. The second-order valence-electron chi connectivity index (χ2n) is 4.84. The normalized spacial score (nSPS) is 10.9. The van der Waals surface area contributed by atoms with Gasteiger partial charge >= 0.3 is 0 Å². The van der Waals surface area contributed by atoms with Crippen LogP contribution in [0.5, 0.6) is 0 Å². The van der Waals surface area contributed by atoms with Gasteiger partial charge in [0.25, 0.3) is 0 Å². The number of hydrogen-bond donors (Lipinski definition) is 0. The van der Waals surface area contributed by atoms with Crippen molar-refractivity contribution in [2.45, 2.75) is 13.8 Å². The lowest BCUT2D eigenvalue weighted by atomic mass is 10.0. The fourth-order valence-electron chi connectivity index (χ4n) is 2.16. The van der Waals surface area contributed by atoms with E-state index < -0.39 is 0 Å². The quantitative estimate of drug-likeness (QED) is 0.452. The molecule has 0 radical (unpaired) electrons. The molecule has 0 bridgehead atoms. The van der Waals surface area contributed by atoms with Crippen molar-refractivity contribution in [1.82, 2.24) is 4.98 Å². The van der Waals surface area contributed by atoms with E-state index in [4.69, 9.17) is 0 Å². The third-order valence-corrected chi connectivity index (χ3v) is 5.80. The molecular formula is C17H13Br2NS. The van der Waals surface area contributed by atoms with Gasteiger partial charge in [-0.3, -0.25) is 0 Å². The Labute approximate surface area is 145 Å². The van der Waals surface area contributed by atoms with E-state index in [1.165, 1.54) is 16.0 Å².